The van der Waals surface area contributed by atoms with E-state index in [-0.39, 0.29) is 24.5 Å². The first kappa shape index (κ1) is 21.6. The third-order valence-electron chi connectivity index (χ3n) is 4.91. The number of ether oxygens (including phenoxy) is 2. The molecule has 0 radical (unpaired) electrons. The molecule has 0 aliphatic carbocycles. The zero-order valence-corrected chi connectivity index (χ0v) is 17.5. The van der Waals surface area contributed by atoms with E-state index in [0.717, 1.165) is 17.9 Å². The van der Waals surface area contributed by atoms with Gasteiger partial charge in [0.15, 0.2) is 0 Å². The Labute approximate surface area is 177 Å². The number of nitrogens with zero attached hydrogens (tertiary/aromatic N) is 1. The Balaban J connectivity index is 1.50. The number of nitrogens with one attached hydrogen (secondary N) is 2. The maximum atomic E-state index is 12.6. The molecule has 0 aromatic heterocycles. The fraction of sp³-hybridized carbons (Fsp3) is 0.391. The first-order chi connectivity index (χ1) is 14.5. The Morgan fingerprint density at radius 2 is 1.83 bits per heavy atom. The molecule has 1 fully saturated rings. The predicted octanol–water partition coefficient (Wildman–Crippen LogP) is 3.39. The number of hydrogen-bond acceptors (Lipinski definition) is 5. The zero-order chi connectivity index (χ0) is 21.3. The average Bonchev–Trinajstić information content (AvgIpc) is 2.79. The van der Waals surface area contributed by atoms with Gasteiger partial charge in [-0.2, -0.15) is 0 Å². The monoisotopic (exact) mass is 411 g/mol. The van der Waals surface area contributed by atoms with Gasteiger partial charge in [-0.25, -0.2) is 0 Å². The number of carbonyl (C=O) groups is 2. The largest absolute Gasteiger partial charge is 0.491 e. The van der Waals surface area contributed by atoms with Gasteiger partial charge in [-0.3, -0.25) is 9.59 Å². The first-order valence-electron chi connectivity index (χ1n) is 10.3. The zero-order valence-electron chi connectivity index (χ0n) is 17.5. The number of benzene rings is 2. The first-order valence-corrected chi connectivity index (χ1v) is 10.3. The highest BCUT2D eigenvalue weighted by Crippen LogP contribution is 2.18. The molecule has 0 bridgehead atoms. The second kappa shape index (κ2) is 10.6. The maximum absolute atomic E-state index is 12.6. The highest BCUT2D eigenvalue weighted by atomic mass is 16.5. The molecule has 1 saturated heterocycles. The van der Waals surface area contributed by atoms with Gasteiger partial charge in [-0.15, -0.1) is 0 Å². The summed E-state index contributed by atoms with van der Waals surface area (Å²) < 4.78 is 11.0. The summed E-state index contributed by atoms with van der Waals surface area (Å²) in [4.78, 5) is 26.6. The van der Waals surface area contributed by atoms with Crippen LogP contribution >= 0.6 is 0 Å². The third-order valence-corrected chi connectivity index (χ3v) is 4.91. The van der Waals surface area contributed by atoms with Crippen molar-refractivity contribution in [2.24, 2.45) is 0 Å². The molecule has 3 rings (SSSR count). The van der Waals surface area contributed by atoms with Crippen LogP contribution in [0.2, 0.25) is 0 Å². The fourth-order valence-corrected chi connectivity index (χ4v) is 3.03. The molecule has 2 aromatic carbocycles. The molecular weight excluding hydrogens is 382 g/mol. The molecule has 1 unspecified atom stereocenters. The molecule has 0 spiro atoms. The van der Waals surface area contributed by atoms with E-state index < -0.39 is 0 Å². The summed E-state index contributed by atoms with van der Waals surface area (Å²) in [5, 5.41) is 5.93. The van der Waals surface area contributed by atoms with E-state index in [9.17, 15) is 9.59 Å². The standard InChI is InChI=1S/C23H29N3O4/c1-3-17(2)30-21-9-7-19(8-10-21)25-22(27)16-24-20-6-4-5-18(15-20)23(28)26-11-13-29-14-12-26/h4-10,15,17,24H,3,11-14,16H2,1-2H3,(H,25,27). The van der Waals surface area contributed by atoms with Crippen LogP contribution < -0.4 is 15.4 Å². The van der Waals surface area contributed by atoms with Gasteiger partial charge in [0, 0.05) is 30.0 Å². The SMILES string of the molecule is CCC(C)Oc1ccc(NC(=O)CNc2cccc(C(=O)N3CCOCC3)c2)cc1. The highest BCUT2D eigenvalue weighted by Gasteiger charge is 2.18. The lowest BCUT2D eigenvalue weighted by Gasteiger charge is -2.27. The van der Waals surface area contributed by atoms with Crippen LogP contribution in [0.25, 0.3) is 0 Å². The van der Waals surface area contributed by atoms with E-state index in [4.69, 9.17) is 9.47 Å². The smallest absolute Gasteiger partial charge is 0.254 e. The van der Waals surface area contributed by atoms with Gasteiger partial charge in [0.1, 0.15) is 5.75 Å². The summed E-state index contributed by atoms with van der Waals surface area (Å²) in [6.07, 6.45) is 1.09. The Morgan fingerprint density at radius 1 is 1.10 bits per heavy atom. The molecule has 7 heteroatoms. The minimum absolute atomic E-state index is 0.0221. The number of rotatable bonds is 8. The van der Waals surface area contributed by atoms with Crippen molar-refractivity contribution in [3.63, 3.8) is 0 Å². The lowest BCUT2D eigenvalue weighted by atomic mass is 10.1. The van der Waals surface area contributed by atoms with Crippen LogP contribution in [0.1, 0.15) is 30.6 Å². The summed E-state index contributed by atoms with van der Waals surface area (Å²) in [6, 6.07) is 14.5. The Bertz CT molecular complexity index is 848. The maximum Gasteiger partial charge on any atom is 0.254 e. The predicted molar refractivity (Wildman–Crippen MR) is 117 cm³/mol. The van der Waals surface area contributed by atoms with E-state index >= 15 is 0 Å². The summed E-state index contributed by atoms with van der Waals surface area (Å²) >= 11 is 0. The molecule has 2 N–H and O–H groups in total. The van der Waals surface area contributed by atoms with Crippen molar-refractivity contribution in [1.29, 1.82) is 0 Å². The van der Waals surface area contributed by atoms with Crippen molar-refractivity contribution < 1.29 is 19.1 Å². The minimum atomic E-state index is -0.171. The van der Waals surface area contributed by atoms with Gasteiger partial charge in [0.2, 0.25) is 5.91 Å². The third kappa shape index (κ3) is 6.22. The van der Waals surface area contributed by atoms with Crippen molar-refractivity contribution in [2.75, 3.05) is 43.5 Å². The number of morpholine rings is 1. The van der Waals surface area contributed by atoms with Gasteiger partial charge < -0.3 is 25.0 Å². The van der Waals surface area contributed by atoms with Gasteiger partial charge in [0.05, 0.1) is 25.9 Å². The Hall–Kier alpha value is -3.06. The molecular formula is C23H29N3O4. The van der Waals surface area contributed by atoms with E-state index in [1.807, 2.05) is 43.3 Å². The molecule has 7 nitrogen and oxygen atoms in total. The van der Waals surface area contributed by atoms with Gasteiger partial charge in [0.25, 0.3) is 5.91 Å². The van der Waals surface area contributed by atoms with Crippen LogP contribution in [0.15, 0.2) is 48.5 Å². The van der Waals surface area contributed by atoms with Crippen molar-refractivity contribution in [3.05, 3.63) is 54.1 Å². The summed E-state index contributed by atoms with van der Waals surface area (Å²) in [7, 11) is 0. The fourth-order valence-electron chi connectivity index (χ4n) is 3.03. The topological polar surface area (TPSA) is 79.9 Å². The van der Waals surface area contributed by atoms with Crippen molar-refractivity contribution in [1.82, 2.24) is 4.90 Å². The van der Waals surface area contributed by atoms with E-state index in [0.29, 0.717) is 37.6 Å². The molecule has 1 aliphatic heterocycles. The Kier molecular flexibility index (Phi) is 7.68. The minimum Gasteiger partial charge on any atom is -0.491 e. The number of amides is 2. The van der Waals surface area contributed by atoms with Gasteiger partial charge >= 0.3 is 0 Å². The molecule has 160 valence electrons. The van der Waals surface area contributed by atoms with Crippen molar-refractivity contribution in [3.8, 4) is 5.75 Å². The summed E-state index contributed by atoms with van der Waals surface area (Å²) in [6.45, 7) is 6.51. The van der Waals surface area contributed by atoms with Crippen LogP contribution in [0.3, 0.4) is 0 Å². The average molecular weight is 412 g/mol. The summed E-state index contributed by atoms with van der Waals surface area (Å²) in [5.41, 5.74) is 2.02. The van der Waals surface area contributed by atoms with Crippen LogP contribution in [-0.2, 0) is 9.53 Å². The Morgan fingerprint density at radius 3 is 2.53 bits per heavy atom. The normalized spacial score (nSPS) is 14.7. The highest BCUT2D eigenvalue weighted by molar-refractivity contribution is 5.96. The summed E-state index contributed by atoms with van der Waals surface area (Å²) in [5.74, 6) is 0.587. The van der Waals surface area contributed by atoms with E-state index in [2.05, 4.69) is 17.6 Å². The molecule has 1 heterocycles. The van der Waals surface area contributed by atoms with Crippen LogP contribution in [-0.4, -0.2) is 55.7 Å². The molecule has 2 amide bonds. The molecule has 2 aromatic rings. The lowest BCUT2D eigenvalue weighted by molar-refractivity contribution is -0.114. The van der Waals surface area contributed by atoms with Gasteiger partial charge in [-0.1, -0.05) is 13.0 Å². The molecule has 1 atom stereocenters. The molecule has 0 saturated carbocycles. The number of anilines is 2. The van der Waals surface area contributed by atoms with Crippen LogP contribution in [0, 0.1) is 0 Å². The number of carbonyl (C=O) groups excluding carboxylic acids is 2. The van der Waals surface area contributed by atoms with E-state index in [1.165, 1.54) is 0 Å². The van der Waals surface area contributed by atoms with Gasteiger partial charge in [-0.05, 0) is 55.8 Å². The molecule has 1 aliphatic rings. The van der Waals surface area contributed by atoms with Crippen molar-refractivity contribution >= 4 is 23.2 Å². The second-order valence-corrected chi connectivity index (χ2v) is 7.25. The lowest BCUT2D eigenvalue weighted by Crippen LogP contribution is -2.40. The van der Waals surface area contributed by atoms with Crippen LogP contribution in [0.5, 0.6) is 5.75 Å². The van der Waals surface area contributed by atoms with E-state index in [1.54, 1.807) is 17.0 Å². The number of hydrogen-bond donors (Lipinski definition) is 2. The second-order valence-electron chi connectivity index (χ2n) is 7.25. The van der Waals surface area contributed by atoms with Crippen LogP contribution in [0.4, 0.5) is 11.4 Å². The van der Waals surface area contributed by atoms with Crippen molar-refractivity contribution in [2.45, 2.75) is 26.4 Å². The quantitative estimate of drug-likeness (QED) is 0.696. The molecule has 30 heavy (non-hydrogen) atoms.